The minimum absolute atomic E-state index is 0.0490. The van der Waals surface area contributed by atoms with Crippen molar-refractivity contribution in [2.75, 3.05) is 13.1 Å². The van der Waals surface area contributed by atoms with Crippen molar-refractivity contribution in [2.24, 2.45) is 0 Å². The number of carbonyl (C=O) groups is 1. The Morgan fingerprint density at radius 2 is 2.09 bits per heavy atom. The second-order valence-electron chi connectivity index (χ2n) is 5.42. The van der Waals surface area contributed by atoms with Crippen LogP contribution in [0.4, 0.5) is 8.78 Å². The Labute approximate surface area is 126 Å². The van der Waals surface area contributed by atoms with E-state index < -0.39 is 18.4 Å². The minimum Gasteiger partial charge on any atom is -0.466 e. The summed E-state index contributed by atoms with van der Waals surface area (Å²) < 4.78 is 33.4. The zero-order chi connectivity index (χ0) is 15.7. The van der Waals surface area contributed by atoms with Gasteiger partial charge in [-0.2, -0.15) is 0 Å². The molecule has 1 fully saturated rings. The number of fused-ring (bicyclic) bond motifs is 1. The quantitative estimate of drug-likeness (QED) is 0.857. The van der Waals surface area contributed by atoms with Crippen molar-refractivity contribution < 1.29 is 18.3 Å². The highest BCUT2D eigenvalue weighted by Crippen LogP contribution is 2.31. The van der Waals surface area contributed by atoms with Crippen LogP contribution in [0.15, 0.2) is 36.4 Å². The van der Waals surface area contributed by atoms with Crippen LogP contribution in [-0.4, -0.2) is 40.9 Å². The summed E-state index contributed by atoms with van der Waals surface area (Å²) in [7, 11) is 0. The molecule has 6 heteroatoms. The average molecular weight is 306 g/mol. The number of nitrogens with zero attached hydrogens (tertiary/aromatic N) is 2. The van der Waals surface area contributed by atoms with E-state index in [9.17, 15) is 13.6 Å². The third-order valence-electron chi connectivity index (χ3n) is 3.85. The number of hydrogen-bond acceptors (Lipinski definition) is 3. The molecule has 22 heavy (non-hydrogen) atoms. The maximum absolute atomic E-state index is 14.0. The van der Waals surface area contributed by atoms with Gasteiger partial charge in [-0.3, -0.25) is 4.79 Å². The van der Waals surface area contributed by atoms with Crippen LogP contribution in [0.5, 0.6) is 5.88 Å². The molecule has 1 saturated heterocycles. The van der Waals surface area contributed by atoms with Gasteiger partial charge >= 0.3 is 0 Å². The van der Waals surface area contributed by atoms with E-state index in [1.807, 2.05) is 18.2 Å². The normalized spacial score (nSPS) is 20.9. The Kier molecular flexibility index (Phi) is 3.68. The van der Waals surface area contributed by atoms with Crippen molar-refractivity contribution >= 4 is 16.8 Å². The fraction of sp³-hybridized carbons (Fsp3) is 0.375. The number of pyridine rings is 1. The Morgan fingerprint density at radius 1 is 1.32 bits per heavy atom. The van der Waals surface area contributed by atoms with E-state index >= 15 is 0 Å². The summed E-state index contributed by atoms with van der Waals surface area (Å²) in [6.07, 6.45) is -1.77. The Morgan fingerprint density at radius 3 is 2.86 bits per heavy atom. The third-order valence-corrected chi connectivity index (χ3v) is 3.85. The summed E-state index contributed by atoms with van der Waals surface area (Å²) in [6, 6.07) is 10.7. The topological polar surface area (TPSA) is 42.4 Å². The number of carbonyl (C=O) groups excluding carboxylic acids is 1. The molecule has 1 aliphatic rings. The monoisotopic (exact) mass is 306 g/mol. The molecule has 0 saturated carbocycles. The number of hydrogen-bond donors (Lipinski definition) is 0. The van der Waals surface area contributed by atoms with Gasteiger partial charge in [-0.1, -0.05) is 18.2 Å². The van der Waals surface area contributed by atoms with E-state index in [1.54, 1.807) is 18.2 Å². The molecule has 116 valence electrons. The Hall–Kier alpha value is -2.24. The lowest BCUT2D eigenvalue weighted by atomic mass is 10.0. The van der Waals surface area contributed by atoms with Crippen molar-refractivity contribution in [3.8, 4) is 5.88 Å². The molecule has 0 spiro atoms. The molecule has 1 aromatic carbocycles. The van der Waals surface area contributed by atoms with E-state index in [2.05, 4.69) is 4.98 Å². The van der Waals surface area contributed by atoms with Gasteiger partial charge in [-0.25, -0.2) is 13.8 Å². The number of halogens is 2. The van der Waals surface area contributed by atoms with Gasteiger partial charge in [0.05, 0.1) is 12.1 Å². The Balaban J connectivity index is 1.83. The van der Waals surface area contributed by atoms with Crippen LogP contribution in [0.3, 0.4) is 0 Å². The van der Waals surface area contributed by atoms with Crippen LogP contribution in [0.1, 0.15) is 13.3 Å². The number of likely N-dealkylation sites (tertiary alicyclic amines) is 1. The molecule has 0 aliphatic carbocycles. The van der Waals surface area contributed by atoms with E-state index in [0.717, 1.165) is 5.39 Å². The highest BCUT2D eigenvalue weighted by atomic mass is 19.3. The van der Waals surface area contributed by atoms with Crippen LogP contribution in [0, 0.1) is 0 Å². The summed E-state index contributed by atoms with van der Waals surface area (Å²) in [5.41, 5.74) is 0.683. The number of alkyl halides is 2. The molecule has 1 atom stereocenters. The van der Waals surface area contributed by atoms with Crippen LogP contribution < -0.4 is 4.74 Å². The van der Waals surface area contributed by atoms with E-state index in [1.165, 1.54) is 11.8 Å². The highest BCUT2D eigenvalue weighted by molar-refractivity contribution is 5.78. The fourth-order valence-corrected chi connectivity index (χ4v) is 2.54. The molecule has 0 unspecified atom stereocenters. The first-order valence-electron chi connectivity index (χ1n) is 7.11. The predicted molar refractivity (Wildman–Crippen MR) is 78.0 cm³/mol. The van der Waals surface area contributed by atoms with Crippen molar-refractivity contribution in [1.29, 1.82) is 0 Å². The van der Waals surface area contributed by atoms with Gasteiger partial charge in [0.15, 0.2) is 6.10 Å². The SMILES string of the molecule is CC(=O)N1CCC(F)(F)[C@@H](Oc2ccc3ccccc3n2)C1. The first kappa shape index (κ1) is 14.7. The van der Waals surface area contributed by atoms with Crippen molar-refractivity contribution in [1.82, 2.24) is 9.88 Å². The predicted octanol–water partition coefficient (Wildman–Crippen LogP) is 2.87. The Bertz CT molecular complexity index is 705. The smallest absolute Gasteiger partial charge is 0.287 e. The van der Waals surface area contributed by atoms with E-state index in [4.69, 9.17) is 4.74 Å². The van der Waals surface area contributed by atoms with Gasteiger partial charge in [0.1, 0.15) is 0 Å². The van der Waals surface area contributed by atoms with E-state index in [-0.39, 0.29) is 24.9 Å². The van der Waals surface area contributed by atoms with E-state index in [0.29, 0.717) is 5.52 Å². The number of benzene rings is 1. The average Bonchev–Trinajstić information content (AvgIpc) is 2.49. The molecule has 1 aliphatic heterocycles. The van der Waals surface area contributed by atoms with Gasteiger partial charge in [0.25, 0.3) is 5.92 Å². The number of para-hydroxylation sites is 1. The molecule has 0 N–H and O–H groups in total. The zero-order valence-corrected chi connectivity index (χ0v) is 12.1. The van der Waals surface area contributed by atoms with Crippen LogP contribution in [0.25, 0.3) is 10.9 Å². The number of ether oxygens (including phenoxy) is 1. The van der Waals surface area contributed by atoms with Gasteiger partial charge in [0.2, 0.25) is 11.8 Å². The van der Waals surface area contributed by atoms with Gasteiger partial charge in [0, 0.05) is 31.3 Å². The lowest BCUT2D eigenvalue weighted by Gasteiger charge is -2.37. The summed E-state index contributed by atoms with van der Waals surface area (Å²) >= 11 is 0. The first-order valence-corrected chi connectivity index (χ1v) is 7.11. The number of amides is 1. The summed E-state index contributed by atoms with van der Waals surface area (Å²) in [5, 5.41) is 0.913. The lowest BCUT2D eigenvalue weighted by Crippen LogP contribution is -2.54. The van der Waals surface area contributed by atoms with Crippen LogP contribution in [0.2, 0.25) is 0 Å². The van der Waals surface area contributed by atoms with Crippen molar-refractivity contribution in [3.63, 3.8) is 0 Å². The lowest BCUT2D eigenvalue weighted by molar-refractivity contribution is -0.154. The maximum Gasteiger partial charge on any atom is 0.287 e. The summed E-state index contributed by atoms with van der Waals surface area (Å²) in [4.78, 5) is 17.0. The highest BCUT2D eigenvalue weighted by Gasteiger charge is 2.46. The number of rotatable bonds is 2. The van der Waals surface area contributed by atoms with Gasteiger partial charge < -0.3 is 9.64 Å². The molecule has 1 aromatic heterocycles. The molecule has 3 rings (SSSR count). The second-order valence-corrected chi connectivity index (χ2v) is 5.42. The minimum atomic E-state index is -2.97. The molecule has 0 bridgehead atoms. The summed E-state index contributed by atoms with van der Waals surface area (Å²) in [5.74, 6) is -3.05. The first-order chi connectivity index (χ1) is 10.5. The second kappa shape index (κ2) is 5.51. The molecule has 4 nitrogen and oxygen atoms in total. The fourth-order valence-electron chi connectivity index (χ4n) is 2.54. The van der Waals surface area contributed by atoms with Crippen molar-refractivity contribution in [3.05, 3.63) is 36.4 Å². The molecule has 2 aromatic rings. The third kappa shape index (κ3) is 2.86. The molecule has 2 heterocycles. The zero-order valence-electron chi connectivity index (χ0n) is 12.1. The van der Waals surface area contributed by atoms with Gasteiger partial charge in [-0.05, 0) is 12.1 Å². The molecule has 0 radical (unpaired) electrons. The van der Waals surface area contributed by atoms with Gasteiger partial charge in [-0.15, -0.1) is 0 Å². The largest absolute Gasteiger partial charge is 0.466 e. The molecular weight excluding hydrogens is 290 g/mol. The van der Waals surface area contributed by atoms with Crippen LogP contribution in [-0.2, 0) is 4.79 Å². The number of aromatic nitrogens is 1. The maximum atomic E-state index is 14.0. The van der Waals surface area contributed by atoms with Crippen molar-refractivity contribution in [2.45, 2.75) is 25.4 Å². The summed E-state index contributed by atoms with van der Waals surface area (Å²) in [6.45, 7) is 1.29. The van der Waals surface area contributed by atoms with Crippen LogP contribution >= 0.6 is 0 Å². The standard InChI is InChI=1S/C16H16F2N2O2/c1-11(21)20-9-8-16(17,18)14(10-20)22-15-7-6-12-4-2-3-5-13(12)19-15/h2-7,14H,8-10H2,1H3/t14-/m0/s1. The molecular formula is C16H16F2N2O2. The molecule has 1 amide bonds. The number of piperidine rings is 1.